The molecule has 0 saturated heterocycles. The van der Waals surface area contributed by atoms with Crippen molar-refractivity contribution < 1.29 is 9.50 Å². The highest BCUT2D eigenvalue weighted by molar-refractivity contribution is 6.31. The number of rotatable bonds is 3. The number of nitrogen functional groups attached to an aromatic ring is 1. The maximum absolute atomic E-state index is 13.7. The van der Waals surface area contributed by atoms with Gasteiger partial charge < -0.3 is 10.8 Å². The van der Waals surface area contributed by atoms with E-state index in [-0.39, 0.29) is 11.4 Å². The lowest BCUT2D eigenvalue weighted by Crippen LogP contribution is -2.06. The van der Waals surface area contributed by atoms with Crippen LogP contribution in [0, 0.1) is 5.82 Å². The predicted octanol–water partition coefficient (Wildman–Crippen LogP) is 3.99. The fraction of sp³-hybridized carbons (Fsp3) is 0.143. The van der Waals surface area contributed by atoms with Gasteiger partial charge >= 0.3 is 0 Å². The molecule has 0 bridgehead atoms. The molecule has 1 unspecified atom stereocenters. The molecule has 0 radical (unpaired) electrons. The highest BCUT2D eigenvalue weighted by atomic mass is 35.5. The van der Waals surface area contributed by atoms with E-state index in [1.54, 1.807) is 30.3 Å². The van der Waals surface area contributed by atoms with Crippen LogP contribution in [0.25, 0.3) is 0 Å². The van der Waals surface area contributed by atoms with Gasteiger partial charge in [0.15, 0.2) is 0 Å². The molecule has 0 aromatic heterocycles. The van der Waals surface area contributed by atoms with Crippen molar-refractivity contribution >= 4 is 28.9 Å². The van der Waals surface area contributed by atoms with E-state index in [4.69, 9.17) is 28.9 Å². The Morgan fingerprint density at radius 3 is 2.63 bits per heavy atom. The first-order valence-corrected chi connectivity index (χ1v) is 6.40. The maximum atomic E-state index is 13.7. The molecule has 0 fully saturated rings. The Kier molecular flexibility index (Phi) is 4.30. The third-order valence-electron chi connectivity index (χ3n) is 2.85. The van der Waals surface area contributed by atoms with Crippen LogP contribution in [0.2, 0.25) is 10.0 Å². The van der Waals surface area contributed by atoms with E-state index in [0.717, 1.165) is 0 Å². The van der Waals surface area contributed by atoms with Crippen molar-refractivity contribution in [2.24, 2.45) is 0 Å². The number of anilines is 1. The highest BCUT2D eigenvalue weighted by Crippen LogP contribution is 2.28. The lowest BCUT2D eigenvalue weighted by molar-refractivity contribution is 0.178. The predicted molar refractivity (Wildman–Crippen MR) is 75.9 cm³/mol. The summed E-state index contributed by atoms with van der Waals surface area (Å²) in [6, 6.07) is 9.49. The first-order valence-electron chi connectivity index (χ1n) is 5.65. The number of aliphatic hydroxyl groups excluding tert-OH is 1. The first-order chi connectivity index (χ1) is 8.99. The van der Waals surface area contributed by atoms with Crippen LogP contribution in [0.5, 0.6) is 0 Å². The molecule has 2 aromatic rings. The minimum absolute atomic E-state index is 0.0359. The summed E-state index contributed by atoms with van der Waals surface area (Å²) < 4.78 is 13.7. The van der Waals surface area contributed by atoms with Crippen LogP contribution < -0.4 is 5.73 Å². The number of halogens is 3. The van der Waals surface area contributed by atoms with Crippen molar-refractivity contribution in [2.45, 2.75) is 12.5 Å². The molecule has 0 saturated carbocycles. The van der Waals surface area contributed by atoms with Gasteiger partial charge in [0.2, 0.25) is 0 Å². The summed E-state index contributed by atoms with van der Waals surface area (Å²) in [7, 11) is 0. The zero-order chi connectivity index (χ0) is 14.0. The Labute approximate surface area is 120 Å². The minimum Gasteiger partial charge on any atom is -0.398 e. The summed E-state index contributed by atoms with van der Waals surface area (Å²) in [6.45, 7) is 0. The first kappa shape index (κ1) is 14.1. The molecule has 5 heteroatoms. The van der Waals surface area contributed by atoms with Crippen LogP contribution in [0.1, 0.15) is 17.2 Å². The van der Waals surface area contributed by atoms with Gasteiger partial charge in [-0.1, -0.05) is 41.4 Å². The van der Waals surface area contributed by atoms with Crippen molar-refractivity contribution in [2.75, 3.05) is 5.73 Å². The molecule has 0 aliphatic rings. The van der Waals surface area contributed by atoms with Gasteiger partial charge in [0.05, 0.1) is 11.1 Å². The molecular formula is C14H12Cl2FNO. The largest absolute Gasteiger partial charge is 0.398 e. The van der Waals surface area contributed by atoms with Gasteiger partial charge in [0.1, 0.15) is 5.82 Å². The Morgan fingerprint density at radius 1 is 1.21 bits per heavy atom. The van der Waals surface area contributed by atoms with E-state index in [0.29, 0.717) is 21.8 Å². The molecule has 0 spiro atoms. The second-order valence-corrected chi connectivity index (χ2v) is 5.05. The summed E-state index contributed by atoms with van der Waals surface area (Å²) in [5.41, 5.74) is 7.02. The lowest BCUT2D eigenvalue weighted by atomic mass is 10.00. The Morgan fingerprint density at radius 2 is 1.95 bits per heavy atom. The number of aliphatic hydroxyl groups is 1. The normalized spacial score (nSPS) is 12.4. The van der Waals surface area contributed by atoms with Crippen LogP contribution in [0.15, 0.2) is 36.4 Å². The summed E-state index contributed by atoms with van der Waals surface area (Å²) in [4.78, 5) is 0. The van der Waals surface area contributed by atoms with Crippen LogP contribution >= 0.6 is 23.2 Å². The number of benzene rings is 2. The molecule has 100 valence electrons. The van der Waals surface area contributed by atoms with Crippen molar-refractivity contribution in [3.63, 3.8) is 0 Å². The van der Waals surface area contributed by atoms with Gasteiger partial charge in [-0.25, -0.2) is 4.39 Å². The van der Waals surface area contributed by atoms with Gasteiger partial charge in [-0.05, 0) is 23.8 Å². The molecule has 2 nitrogen and oxygen atoms in total. The average Bonchev–Trinajstić information content (AvgIpc) is 2.34. The molecule has 19 heavy (non-hydrogen) atoms. The zero-order valence-corrected chi connectivity index (χ0v) is 11.4. The molecule has 0 aliphatic heterocycles. The fourth-order valence-electron chi connectivity index (χ4n) is 1.87. The summed E-state index contributed by atoms with van der Waals surface area (Å²) >= 11 is 11.5. The van der Waals surface area contributed by atoms with E-state index < -0.39 is 11.9 Å². The molecular weight excluding hydrogens is 288 g/mol. The Hall–Kier alpha value is -1.29. The van der Waals surface area contributed by atoms with Gasteiger partial charge in [-0.15, -0.1) is 0 Å². The quantitative estimate of drug-likeness (QED) is 0.842. The Bertz CT molecular complexity index is 604. The second kappa shape index (κ2) is 5.78. The minimum atomic E-state index is -0.912. The zero-order valence-electron chi connectivity index (χ0n) is 9.91. The summed E-state index contributed by atoms with van der Waals surface area (Å²) in [6.07, 6.45) is -0.816. The topological polar surface area (TPSA) is 46.2 Å². The van der Waals surface area contributed by atoms with E-state index in [2.05, 4.69) is 0 Å². The van der Waals surface area contributed by atoms with Crippen LogP contribution in [0.3, 0.4) is 0 Å². The van der Waals surface area contributed by atoms with Crippen LogP contribution in [-0.4, -0.2) is 5.11 Å². The van der Waals surface area contributed by atoms with Crippen molar-refractivity contribution in [1.82, 2.24) is 0 Å². The maximum Gasteiger partial charge on any atom is 0.145 e. The van der Waals surface area contributed by atoms with Crippen LogP contribution in [0.4, 0.5) is 10.1 Å². The van der Waals surface area contributed by atoms with E-state index in [1.165, 1.54) is 6.07 Å². The smallest absolute Gasteiger partial charge is 0.145 e. The van der Waals surface area contributed by atoms with Crippen molar-refractivity contribution in [3.8, 4) is 0 Å². The summed E-state index contributed by atoms with van der Waals surface area (Å²) in [5, 5.41) is 10.7. The third kappa shape index (κ3) is 3.18. The molecule has 2 aromatic carbocycles. The molecule has 0 amide bonds. The molecule has 3 N–H and O–H groups in total. The van der Waals surface area contributed by atoms with E-state index >= 15 is 0 Å². The SMILES string of the molecule is Nc1cc(Cl)ccc1C(O)Cc1cccc(Cl)c1F. The molecule has 0 aliphatic carbocycles. The molecule has 1 atom stereocenters. The van der Waals surface area contributed by atoms with E-state index in [9.17, 15) is 9.50 Å². The molecule has 0 heterocycles. The monoisotopic (exact) mass is 299 g/mol. The highest BCUT2D eigenvalue weighted by Gasteiger charge is 2.15. The summed E-state index contributed by atoms with van der Waals surface area (Å²) in [5.74, 6) is -0.518. The number of nitrogens with two attached hydrogens (primary N) is 1. The van der Waals surface area contributed by atoms with Gasteiger partial charge in [0, 0.05) is 22.7 Å². The van der Waals surface area contributed by atoms with Crippen LogP contribution in [-0.2, 0) is 6.42 Å². The average molecular weight is 300 g/mol. The molecule has 2 rings (SSSR count). The number of hydrogen-bond donors (Lipinski definition) is 2. The second-order valence-electron chi connectivity index (χ2n) is 4.21. The number of hydrogen-bond acceptors (Lipinski definition) is 2. The standard InChI is InChI=1S/C14H12Cl2FNO/c15-9-4-5-10(12(18)7-9)13(19)6-8-2-1-3-11(16)14(8)17/h1-5,7,13,19H,6,18H2. The van der Waals surface area contributed by atoms with E-state index in [1.807, 2.05) is 0 Å². The van der Waals surface area contributed by atoms with Crippen molar-refractivity contribution in [3.05, 3.63) is 63.4 Å². The fourth-order valence-corrected chi connectivity index (χ4v) is 2.25. The van der Waals surface area contributed by atoms with Gasteiger partial charge in [-0.3, -0.25) is 0 Å². The van der Waals surface area contributed by atoms with Gasteiger partial charge in [0.25, 0.3) is 0 Å². The van der Waals surface area contributed by atoms with Crippen molar-refractivity contribution in [1.29, 1.82) is 0 Å². The van der Waals surface area contributed by atoms with Gasteiger partial charge in [-0.2, -0.15) is 0 Å². The lowest BCUT2D eigenvalue weighted by Gasteiger charge is -2.14. The third-order valence-corrected chi connectivity index (χ3v) is 3.38. The Balaban J connectivity index is 2.25.